The van der Waals surface area contributed by atoms with Gasteiger partial charge in [-0.15, -0.1) is 22.7 Å². The summed E-state index contributed by atoms with van der Waals surface area (Å²) in [6, 6.07) is 8.47. The summed E-state index contributed by atoms with van der Waals surface area (Å²) < 4.78 is 4.01. The molecule has 2 aromatic heterocycles. The fraction of sp³-hybridized carbons (Fsp3) is 0.154. The number of aryl methyl sites for hydroxylation is 1. The average Bonchev–Trinajstić information content (AvgIpc) is 2.91. The molecule has 0 spiro atoms. The van der Waals surface area contributed by atoms with E-state index in [-0.39, 0.29) is 0 Å². The highest BCUT2D eigenvalue weighted by Crippen LogP contribution is 2.45. The molecule has 0 saturated heterocycles. The van der Waals surface area contributed by atoms with Gasteiger partial charge in [0.15, 0.2) is 5.78 Å². The minimum absolute atomic E-state index is 0.340. The lowest BCUT2D eigenvalue weighted by molar-refractivity contribution is 0.0998. The third kappa shape index (κ3) is 0.975. The number of hydrogen-bond donors (Lipinski definition) is 0. The van der Waals surface area contributed by atoms with Crippen LogP contribution < -0.4 is 0 Å². The van der Waals surface area contributed by atoms with Crippen molar-refractivity contribution in [2.45, 2.75) is 12.8 Å². The van der Waals surface area contributed by atoms with E-state index in [0.717, 1.165) is 11.3 Å². The molecule has 3 aromatic rings. The number of benzene rings is 1. The number of ketones is 1. The molecule has 0 radical (unpaired) electrons. The minimum atomic E-state index is 0.340. The van der Waals surface area contributed by atoms with Crippen LogP contribution in [0.4, 0.5) is 0 Å². The monoisotopic (exact) mass is 244 g/mol. The Bertz CT molecular complexity index is 733. The van der Waals surface area contributed by atoms with Crippen molar-refractivity contribution in [3.8, 4) is 0 Å². The van der Waals surface area contributed by atoms with Gasteiger partial charge in [-0.05, 0) is 18.1 Å². The fourth-order valence-corrected chi connectivity index (χ4v) is 5.20. The number of fused-ring (bicyclic) bond motifs is 5. The normalized spacial score (nSPS) is 15.1. The molecule has 0 bridgehead atoms. The predicted octanol–water partition coefficient (Wildman–Crippen LogP) is 4.24. The molecule has 16 heavy (non-hydrogen) atoms. The topological polar surface area (TPSA) is 17.1 Å². The number of carbonyl (C=O) groups excluding carboxylic acids is 1. The second-order valence-corrected chi connectivity index (χ2v) is 6.16. The number of carbonyl (C=O) groups is 1. The van der Waals surface area contributed by atoms with E-state index in [2.05, 4.69) is 24.3 Å². The van der Waals surface area contributed by atoms with Crippen LogP contribution in [-0.2, 0) is 6.42 Å². The molecule has 78 valence electrons. The van der Waals surface area contributed by atoms with E-state index < -0.39 is 0 Å². The molecule has 4 rings (SSSR count). The third-order valence-corrected chi connectivity index (χ3v) is 5.82. The zero-order valence-corrected chi connectivity index (χ0v) is 10.1. The lowest BCUT2D eigenvalue weighted by atomic mass is 10.2. The molecule has 0 saturated carbocycles. The first-order valence-electron chi connectivity index (χ1n) is 5.31. The molecule has 3 heteroatoms. The van der Waals surface area contributed by atoms with Crippen LogP contribution >= 0.6 is 22.7 Å². The van der Waals surface area contributed by atoms with Gasteiger partial charge in [-0.1, -0.05) is 18.2 Å². The summed E-state index contributed by atoms with van der Waals surface area (Å²) in [7, 11) is 0. The summed E-state index contributed by atoms with van der Waals surface area (Å²) in [4.78, 5) is 12.7. The Labute approximate surface area is 100 Å². The molecule has 1 aromatic carbocycles. The summed E-state index contributed by atoms with van der Waals surface area (Å²) in [5, 5.41) is 1.31. The smallest absolute Gasteiger partial charge is 0.173 e. The Morgan fingerprint density at radius 2 is 1.88 bits per heavy atom. The van der Waals surface area contributed by atoms with Gasteiger partial charge in [0.2, 0.25) is 0 Å². The van der Waals surface area contributed by atoms with Crippen molar-refractivity contribution in [1.82, 2.24) is 0 Å². The lowest BCUT2D eigenvalue weighted by Crippen LogP contribution is -1.85. The SMILES string of the molecule is O=C1CCc2c1sc1c2sc2ccccc21. The molecule has 0 atom stereocenters. The van der Waals surface area contributed by atoms with Crippen molar-refractivity contribution < 1.29 is 4.79 Å². The van der Waals surface area contributed by atoms with Crippen molar-refractivity contribution in [3.05, 3.63) is 34.7 Å². The van der Waals surface area contributed by atoms with E-state index in [9.17, 15) is 4.79 Å². The Kier molecular flexibility index (Phi) is 1.63. The maximum Gasteiger partial charge on any atom is 0.173 e. The van der Waals surface area contributed by atoms with Gasteiger partial charge in [0.1, 0.15) is 0 Å². The lowest BCUT2D eigenvalue weighted by Gasteiger charge is -1.87. The van der Waals surface area contributed by atoms with Gasteiger partial charge in [-0.3, -0.25) is 4.79 Å². The first kappa shape index (κ1) is 8.90. The van der Waals surface area contributed by atoms with E-state index in [1.165, 1.54) is 25.0 Å². The van der Waals surface area contributed by atoms with Crippen LogP contribution in [0.1, 0.15) is 21.7 Å². The Morgan fingerprint density at radius 1 is 1.00 bits per heavy atom. The predicted molar refractivity (Wildman–Crippen MR) is 69.9 cm³/mol. The molecule has 0 amide bonds. The number of hydrogen-bond acceptors (Lipinski definition) is 3. The molecule has 2 heterocycles. The Hall–Kier alpha value is -1.19. The van der Waals surface area contributed by atoms with Crippen LogP contribution in [0.3, 0.4) is 0 Å². The fourth-order valence-electron chi connectivity index (χ4n) is 2.39. The number of rotatable bonds is 0. The zero-order valence-electron chi connectivity index (χ0n) is 8.45. The molecule has 0 unspecified atom stereocenters. The van der Waals surface area contributed by atoms with E-state index in [1.54, 1.807) is 11.3 Å². The summed E-state index contributed by atoms with van der Waals surface area (Å²) in [5.74, 6) is 0.340. The van der Waals surface area contributed by atoms with E-state index in [4.69, 9.17) is 0 Å². The maximum atomic E-state index is 11.7. The van der Waals surface area contributed by atoms with Gasteiger partial charge in [0.25, 0.3) is 0 Å². The second kappa shape index (κ2) is 2.93. The third-order valence-electron chi connectivity index (χ3n) is 3.16. The summed E-state index contributed by atoms with van der Waals surface area (Å²) in [6.07, 6.45) is 1.66. The maximum absolute atomic E-state index is 11.7. The first-order chi connectivity index (χ1) is 7.84. The number of thiophene rings is 2. The van der Waals surface area contributed by atoms with E-state index in [0.29, 0.717) is 12.2 Å². The minimum Gasteiger partial charge on any atom is -0.293 e. The highest BCUT2D eigenvalue weighted by atomic mass is 32.1. The summed E-state index contributed by atoms with van der Waals surface area (Å²) >= 11 is 3.53. The number of Topliss-reactive ketones (excluding diaryl/α,β-unsaturated/α-hetero) is 1. The van der Waals surface area contributed by atoms with Gasteiger partial charge >= 0.3 is 0 Å². The van der Waals surface area contributed by atoms with Crippen molar-refractivity contribution in [3.63, 3.8) is 0 Å². The molecule has 1 nitrogen and oxygen atoms in total. The molecule has 1 aliphatic rings. The van der Waals surface area contributed by atoms with Crippen LogP contribution in [-0.4, -0.2) is 5.78 Å². The second-order valence-electron chi connectivity index (χ2n) is 4.09. The highest BCUT2D eigenvalue weighted by Gasteiger charge is 2.26. The molecule has 0 N–H and O–H groups in total. The molecule has 1 aliphatic carbocycles. The van der Waals surface area contributed by atoms with Gasteiger partial charge in [0.05, 0.1) is 14.3 Å². The summed E-state index contributed by atoms with van der Waals surface area (Å²) in [5.41, 5.74) is 1.31. The van der Waals surface area contributed by atoms with Crippen LogP contribution in [0.5, 0.6) is 0 Å². The first-order valence-corrected chi connectivity index (χ1v) is 6.94. The van der Waals surface area contributed by atoms with Crippen molar-refractivity contribution in [2.75, 3.05) is 0 Å². The van der Waals surface area contributed by atoms with Crippen LogP contribution in [0, 0.1) is 0 Å². The Balaban J connectivity index is 2.22. The van der Waals surface area contributed by atoms with Crippen molar-refractivity contribution in [1.29, 1.82) is 0 Å². The van der Waals surface area contributed by atoms with E-state index in [1.807, 2.05) is 11.3 Å². The van der Waals surface area contributed by atoms with Crippen molar-refractivity contribution in [2.24, 2.45) is 0 Å². The molecule has 0 aliphatic heterocycles. The standard InChI is InChI=1S/C13H8OS2/c14-9-6-5-8-11(9)16-12-7-3-1-2-4-10(7)15-13(8)12/h1-4H,5-6H2. The van der Waals surface area contributed by atoms with Gasteiger partial charge in [-0.2, -0.15) is 0 Å². The van der Waals surface area contributed by atoms with Crippen LogP contribution in [0.25, 0.3) is 19.5 Å². The quantitative estimate of drug-likeness (QED) is 0.578. The average molecular weight is 244 g/mol. The van der Waals surface area contributed by atoms with Crippen LogP contribution in [0.15, 0.2) is 24.3 Å². The molecule has 0 fully saturated rings. The van der Waals surface area contributed by atoms with Crippen molar-refractivity contribution >= 4 is 47.9 Å². The largest absolute Gasteiger partial charge is 0.293 e. The zero-order chi connectivity index (χ0) is 10.7. The molecular weight excluding hydrogens is 236 g/mol. The van der Waals surface area contributed by atoms with E-state index >= 15 is 0 Å². The van der Waals surface area contributed by atoms with Gasteiger partial charge in [0, 0.05) is 16.5 Å². The van der Waals surface area contributed by atoms with Gasteiger partial charge in [-0.25, -0.2) is 0 Å². The Morgan fingerprint density at radius 3 is 2.81 bits per heavy atom. The highest BCUT2D eigenvalue weighted by molar-refractivity contribution is 7.33. The van der Waals surface area contributed by atoms with Gasteiger partial charge < -0.3 is 0 Å². The molecular formula is C13H8OS2. The summed E-state index contributed by atoms with van der Waals surface area (Å²) in [6.45, 7) is 0. The van der Waals surface area contributed by atoms with Crippen LogP contribution in [0.2, 0.25) is 0 Å².